The van der Waals surface area contributed by atoms with Gasteiger partial charge >= 0.3 is 0 Å². The van der Waals surface area contributed by atoms with Gasteiger partial charge in [-0.3, -0.25) is 4.79 Å². The van der Waals surface area contributed by atoms with Crippen LogP contribution in [0.2, 0.25) is 0 Å². The summed E-state index contributed by atoms with van der Waals surface area (Å²) in [5.74, 6) is 1.29. The van der Waals surface area contributed by atoms with Crippen molar-refractivity contribution in [2.45, 2.75) is 39.7 Å². The molecule has 5 nitrogen and oxygen atoms in total. The predicted molar refractivity (Wildman–Crippen MR) is 72.9 cm³/mol. The van der Waals surface area contributed by atoms with Gasteiger partial charge in [-0.25, -0.2) is 4.98 Å². The van der Waals surface area contributed by atoms with E-state index in [2.05, 4.69) is 34.4 Å². The van der Waals surface area contributed by atoms with Crippen LogP contribution < -0.4 is 16.2 Å². The van der Waals surface area contributed by atoms with Crippen LogP contribution in [0.25, 0.3) is 0 Å². The van der Waals surface area contributed by atoms with Gasteiger partial charge in [0.2, 0.25) is 0 Å². The Bertz CT molecular complexity index is 466. The van der Waals surface area contributed by atoms with Gasteiger partial charge < -0.3 is 15.6 Å². The number of anilines is 1. The third-order valence-corrected chi connectivity index (χ3v) is 3.68. The van der Waals surface area contributed by atoms with Gasteiger partial charge in [0.1, 0.15) is 11.6 Å². The van der Waals surface area contributed by atoms with Crippen molar-refractivity contribution in [3.05, 3.63) is 22.2 Å². The Morgan fingerprint density at radius 2 is 2.33 bits per heavy atom. The van der Waals surface area contributed by atoms with E-state index in [-0.39, 0.29) is 11.0 Å². The fourth-order valence-electron chi connectivity index (χ4n) is 2.50. The number of piperidine rings is 1. The van der Waals surface area contributed by atoms with Crippen LogP contribution in [0, 0.1) is 12.3 Å². The number of aromatic nitrogens is 2. The largest absolute Gasteiger partial charge is 0.368 e. The first kappa shape index (κ1) is 13.1. The molecule has 0 spiro atoms. The SMILES string of the molecule is Cc1nc(NCC2NCCCC2(C)C)cc(=O)[nH]1. The minimum atomic E-state index is -0.110. The molecule has 18 heavy (non-hydrogen) atoms. The Kier molecular flexibility index (Phi) is 3.71. The van der Waals surface area contributed by atoms with E-state index in [1.165, 1.54) is 18.9 Å². The molecule has 1 aliphatic rings. The van der Waals surface area contributed by atoms with Crippen molar-refractivity contribution in [2.75, 3.05) is 18.4 Å². The third kappa shape index (κ3) is 3.10. The Hall–Kier alpha value is -1.36. The maximum Gasteiger partial charge on any atom is 0.252 e. The predicted octanol–water partition coefficient (Wildman–Crippen LogP) is 1.27. The number of nitrogens with zero attached hydrogens (tertiary/aromatic N) is 1. The van der Waals surface area contributed by atoms with Crippen LogP contribution in [0.4, 0.5) is 5.82 Å². The summed E-state index contributed by atoms with van der Waals surface area (Å²) in [4.78, 5) is 18.3. The molecule has 1 unspecified atom stereocenters. The minimum absolute atomic E-state index is 0.110. The number of hydrogen-bond donors (Lipinski definition) is 3. The van der Waals surface area contributed by atoms with Gasteiger partial charge in [0.15, 0.2) is 0 Å². The van der Waals surface area contributed by atoms with Gasteiger partial charge in [0, 0.05) is 18.7 Å². The number of aromatic amines is 1. The molecule has 0 bridgehead atoms. The summed E-state index contributed by atoms with van der Waals surface area (Å²) in [6, 6.07) is 1.91. The second kappa shape index (κ2) is 5.10. The average molecular weight is 250 g/mol. The van der Waals surface area contributed by atoms with E-state index in [4.69, 9.17) is 0 Å². The van der Waals surface area contributed by atoms with Gasteiger partial charge in [-0.15, -0.1) is 0 Å². The van der Waals surface area contributed by atoms with E-state index in [9.17, 15) is 4.79 Å². The fourth-order valence-corrected chi connectivity index (χ4v) is 2.50. The summed E-state index contributed by atoms with van der Waals surface area (Å²) in [6.07, 6.45) is 2.46. The molecule has 0 radical (unpaired) electrons. The highest BCUT2D eigenvalue weighted by Crippen LogP contribution is 2.29. The van der Waals surface area contributed by atoms with E-state index < -0.39 is 0 Å². The number of nitrogens with one attached hydrogen (secondary N) is 3. The van der Waals surface area contributed by atoms with Crippen molar-refractivity contribution in [3.8, 4) is 0 Å². The molecule has 0 saturated carbocycles. The lowest BCUT2D eigenvalue weighted by Crippen LogP contribution is -2.50. The first-order valence-electron chi connectivity index (χ1n) is 6.52. The fraction of sp³-hybridized carbons (Fsp3) is 0.692. The lowest BCUT2D eigenvalue weighted by atomic mass is 9.77. The van der Waals surface area contributed by atoms with Crippen molar-refractivity contribution in [1.82, 2.24) is 15.3 Å². The molecule has 0 aliphatic carbocycles. The standard InChI is InChI=1S/C13H22N4O/c1-9-16-11(7-12(18)17-9)15-8-10-13(2,3)5-4-6-14-10/h7,10,14H,4-6,8H2,1-3H3,(H2,15,16,17,18). The van der Waals surface area contributed by atoms with E-state index in [0.717, 1.165) is 13.1 Å². The zero-order valence-corrected chi connectivity index (χ0v) is 11.3. The van der Waals surface area contributed by atoms with Gasteiger partial charge in [-0.1, -0.05) is 13.8 Å². The molecule has 2 heterocycles. The summed E-state index contributed by atoms with van der Waals surface area (Å²) in [7, 11) is 0. The van der Waals surface area contributed by atoms with Gasteiger partial charge in [-0.05, 0) is 31.7 Å². The zero-order valence-electron chi connectivity index (χ0n) is 11.3. The van der Waals surface area contributed by atoms with E-state index in [1.807, 2.05) is 0 Å². The number of aryl methyl sites for hydroxylation is 1. The molecule has 3 N–H and O–H groups in total. The van der Waals surface area contributed by atoms with Crippen molar-refractivity contribution in [3.63, 3.8) is 0 Å². The molecule has 1 aromatic rings. The van der Waals surface area contributed by atoms with E-state index in [0.29, 0.717) is 17.7 Å². The minimum Gasteiger partial charge on any atom is -0.368 e. The lowest BCUT2D eigenvalue weighted by Gasteiger charge is -2.39. The normalized spacial score (nSPS) is 22.7. The molecular weight excluding hydrogens is 228 g/mol. The number of H-pyrrole nitrogens is 1. The third-order valence-electron chi connectivity index (χ3n) is 3.68. The first-order valence-corrected chi connectivity index (χ1v) is 6.52. The number of rotatable bonds is 3. The van der Waals surface area contributed by atoms with Crippen LogP contribution in [0.5, 0.6) is 0 Å². The molecule has 5 heteroatoms. The van der Waals surface area contributed by atoms with Crippen LogP contribution in [-0.2, 0) is 0 Å². The monoisotopic (exact) mass is 250 g/mol. The molecule has 1 aromatic heterocycles. The van der Waals surface area contributed by atoms with Crippen molar-refractivity contribution in [1.29, 1.82) is 0 Å². The summed E-state index contributed by atoms with van der Waals surface area (Å²) in [5.41, 5.74) is 0.169. The van der Waals surface area contributed by atoms with Gasteiger partial charge in [0.05, 0.1) is 0 Å². The molecule has 1 fully saturated rings. The highest BCUT2D eigenvalue weighted by Gasteiger charge is 2.31. The van der Waals surface area contributed by atoms with Crippen LogP contribution in [0.3, 0.4) is 0 Å². The Balaban J connectivity index is 2.00. The highest BCUT2D eigenvalue weighted by molar-refractivity contribution is 5.33. The van der Waals surface area contributed by atoms with Crippen molar-refractivity contribution < 1.29 is 0 Å². The summed E-state index contributed by atoms with van der Waals surface area (Å²) in [6.45, 7) is 8.21. The van der Waals surface area contributed by atoms with E-state index >= 15 is 0 Å². The molecule has 2 rings (SSSR count). The summed E-state index contributed by atoms with van der Waals surface area (Å²) >= 11 is 0. The van der Waals surface area contributed by atoms with Crippen LogP contribution >= 0.6 is 0 Å². The molecular formula is C13H22N4O. The molecule has 1 saturated heterocycles. The zero-order chi connectivity index (χ0) is 13.2. The topological polar surface area (TPSA) is 69.8 Å². The molecule has 100 valence electrons. The Morgan fingerprint density at radius 3 is 3.00 bits per heavy atom. The Labute approximate surface area is 107 Å². The van der Waals surface area contributed by atoms with E-state index in [1.54, 1.807) is 6.92 Å². The second-order valence-corrected chi connectivity index (χ2v) is 5.70. The van der Waals surface area contributed by atoms with Crippen molar-refractivity contribution >= 4 is 5.82 Å². The second-order valence-electron chi connectivity index (χ2n) is 5.70. The van der Waals surface area contributed by atoms with Crippen LogP contribution in [0.1, 0.15) is 32.5 Å². The molecule has 1 atom stereocenters. The van der Waals surface area contributed by atoms with Gasteiger partial charge in [-0.2, -0.15) is 0 Å². The lowest BCUT2D eigenvalue weighted by molar-refractivity contribution is 0.188. The summed E-state index contributed by atoms with van der Waals surface area (Å²) < 4.78 is 0. The molecule has 1 aliphatic heterocycles. The van der Waals surface area contributed by atoms with Crippen LogP contribution in [-0.4, -0.2) is 29.1 Å². The highest BCUT2D eigenvalue weighted by atomic mass is 16.1. The maximum atomic E-state index is 11.3. The smallest absolute Gasteiger partial charge is 0.252 e. The molecule has 0 aromatic carbocycles. The van der Waals surface area contributed by atoms with Crippen LogP contribution in [0.15, 0.2) is 10.9 Å². The average Bonchev–Trinajstić information content (AvgIpc) is 2.25. The Morgan fingerprint density at radius 1 is 1.56 bits per heavy atom. The molecule has 0 amide bonds. The number of hydrogen-bond acceptors (Lipinski definition) is 4. The van der Waals surface area contributed by atoms with Gasteiger partial charge in [0.25, 0.3) is 5.56 Å². The van der Waals surface area contributed by atoms with Crippen molar-refractivity contribution in [2.24, 2.45) is 5.41 Å². The summed E-state index contributed by atoms with van der Waals surface area (Å²) in [5, 5.41) is 6.79. The maximum absolute atomic E-state index is 11.3. The quantitative estimate of drug-likeness (QED) is 0.755. The first-order chi connectivity index (χ1) is 8.47.